The monoisotopic (exact) mass is 583 g/mol. The van der Waals surface area contributed by atoms with E-state index < -0.39 is 34.2 Å². The number of hydrogen-bond donors (Lipinski definition) is 1. The Morgan fingerprint density at radius 2 is 1.81 bits per heavy atom. The van der Waals surface area contributed by atoms with Gasteiger partial charge in [0.1, 0.15) is 12.3 Å². The molecule has 0 heterocycles. The Morgan fingerprint density at radius 1 is 1.11 bits per heavy atom. The molecule has 0 unspecified atom stereocenters. The molecule has 0 atom stereocenters. The summed E-state index contributed by atoms with van der Waals surface area (Å²) >= 11 is 3.26. The Morgan fingerprint density at radius 3 is 2.42 bits per heavy atom. The molecule has 1 amide bonds. The van der Waals surface area contributed by atoms with E-state index in [4.69, 9.17) is 4.74 Å². The first-order valence-corrected chi connectivity index (χ1v) is 12.6. The number of amides is 1. The summed E-state index contributed by atoms with van der Waals surface area (Å²) < 4.78 is 72.0. The van der Waals surface area contributed by atoms with Crippen LogP contribution in [0.25, 0.3) is 0 Å². The van der Waals surface area contributed by atoms with Gasteiger partial charge in [0.05, 0.1) is 33.9 Å². The molecule has 36 heavy (non-hydrogen) atoms. The van der Waals surface area contributed by atoms with Crippen LogP contribution >= 0.6 is 15.9 Å². The van der Waals surface area contributed by atoms with E-state index in [1.807, 2.05) is 6.92 Å². The molecule has 12 heteroatoms. The van der Waals surface area contributed by atoms with Crippen LogP contribution in [-0.2, 0) is 21.0 Å². The number of nitrogens with zero attached hydrogens (tertiary/aromatic N) is 2. The van der Waals surface area contributed by atoms with Crippen molar-refractivity contribution in [3.05, 3.63) is 87.9 Å². The lowest BCUT2D eigenvalue weighted by atomic mass is 10.1. The average Bonchev–Trinajstić information content (AvgIpc) is 2.83. The minimum absolute atomic E-state index is 0.0870. The van der Waals surface area contributed by atoms with Crippen LogP contribution in [0.3, 0.4) is 0 Å². The van der Waals surface area contributed by atoms with Gasteiger partial charge in [0.25, 0.3) is 15.9 Å². The summed E-state index contributed by atoms with van der Waals surface area (Å²) in [6.07, 6.45) is -3.48. The van der Waals surface area contributed by atoms with Crippen molar-refractivity contribution < 1.29 is 31.1 Å². The highest BCUT2D eigenvalue weighted by molar-refractivity contribution is 9.10. The molecule has 0 saturated heterocycles. The summed E-state index contributed by atoms with van der Waals surface area (Å²) in [6, 6.07) is 15.1. The van der Waals surface area contributed by atoms with Gasteiger partial charge in [-0.05, 0) is 70.9 Å². The first-order chi connectivity index (χ1) is 16.9. The number of alkyl halides is 3. The van der Waals surface area contributed by atoms with Crippen molar-refractivity contribution in [2.24, 2.45) is 5.10 Å². The van der Waals surface area contributed by atoms with E-state index in [2.05, 4.69) is 26.5 Å². The molecule has 0 aliphatic heterocycles. The first kappa shape index (κ1) is 27.2. The summed E-state index contributed by atoms with van der Waals surface area (Å²) in [5.41, 5.74) is 2.54. The molecule has 3 aromatic carbocycles. The lowest BCUT2D eigenvalue weighted by Crippen LogP contribution is -2.39. The minimum atomic E-state index is -4.52. The topological polar surface area (TPSA) is 88.1 Å². The van der Waals surface area contributed by atoms with Gasteiger partial charge >= 0.3 is 6.18 Å². The molecule has 3 rings (SSSR count). The fourth-order valence-corrected chi connectivity index (χ4v) is 5.24. The van der Waals surface area contributed by atoms with E-state index in [9.17, 15) is 26.4 Å². The molecule has 3 aromatic rings. The molecule has 0 saturated carbocycles. The van der Waals surface area contributed by atoms with Gasteiger partial charge in [-0.15, -0.1) is 0 Å². The predicted octanol–water partition coefficient (Wildman–Crippen LogP) is 5.13. The molecule has 190 valence electrons. The van der Waals surface area contributed by atoms with Crippen molar-refractivity contribution in [3.8, 4) is 5.75 Å². The smallest absolute Gasteiger partial charge is 0.416 e. The second-order valence-electron chi connectivity index (χ2n) is 7.56. The third kappa shape index (κ3) is 6.64. The predicted molar refractivity (Wildman–Crippen MR) is 134 cm³/mol. The number of hydrazone groups is 1. The number of aryl methyl sites for hydroxylation is 1. The van der Waals surface area contributed by atoms with E-state index in [1.165, 1.54) is 37.4 Å². The van der Waals surface area contributed by atoms with Crippen molar-refractivity contribution in [1.82, 2.24) is 5.43 Å². The summed E-state index contributed by atoms with van der Waals surface area (Å²) in [5.74, 6) is -0.368. The minimum Gasteiger partial charge on any atom is -0.496 e. The number of carbonyl (C=O) groups excluding carboxylic acids is 1. The second-order valence-corrected chi connectivity index (χ2v) is 10.3. The number of rotatable bonds is 8. The maximum atomic E-state index is 13.5. The van der Waals surface area contributed by atoms with Gasteiger partial charge in [-0.1, -0.05) is 29.8 Å². The van der Waals surface area contributed by atoms with Gasteiger partial charge in [0.2, 0.25) is 0 Å². The molecule has 0 radical (unpaired) electrons. The molecule has 7 nitrogen and oxygen atoms in total. The maximum absolute atomic E-state index is 13.5. The van der Waals surface area contributed by atoms with Gasteiger partial charge in [0, 0.05) is 0 Å². The molecule has 0 aliphatic carbocycles. The Bertz CT molecular complexity index is 1380. The lowest BCUT2D eigenvalue weighted by Gasteiger charge is -2.24. The molecule has 0 fully saturated rings. The zero-order valence-electron chi connectivity index (χ0n) is 19.1. The van der Waals surface area contributed by atoms with E-state index in [0.717, 1.165) is 28.2 Å². The number of benzene rings is 3. The van der Waals surface area contributed by atoms with Crippen molar-refractivity contribution >= 4 is 43.8 Å². The summed E-state index contributed by atoms with van der Waals surface area (Å²) in [6.45, 7) is 1.20. The molecule has 0 spiro atoms. The van der Waals surface area contributed by atoms with Gasteiger partial charge in [-0.25, -0.2) is 13.8 Å². The highest BCUT2D eigenvalue weighted by atomic mass is 79.9. The standard InChI is InChI=1S/C24H21BrF3N3O4S/c1-16-6-8-19(9-7-16)31(36(33,34)20-10-11-22(35-2)21(25)13-20)15-23(32)30-29-14-17-4-3-5-18(12-17)24(26,27)28/h3-14H,15H2,1-2H3,(H,30,32)/b29-14-. The van der Waals surface area contributed by atoms with Crippen LogP contribution in [0.2, 0.25) is 0 Å². The number of methoxy groups -OCH3 is 1. The number of anilines is 1. The molecular weight excluding hydrogens is 563 g/mol. The quantitative estimate of drug-likeness (QED) is 0.294. The number of nitrogens with one attached hydrogen (secondary N) is 1. The average molecular weight is 584 g/mol. The Balaban J connectivity index is 1.85. The highest BCUT2D eigenvalue weighted by Crippen LogP contribution is 2.31. The van der Waals surface area contributed by atoms with Gasteiger partial charge in [-0.2, -0.15) is 18.3 Å². The van der Waals surface area contributed by atoms with Gasteiger partial charge < -0.3 is 4.74 Å². The SMILES string of the molecule is COc1ccc(S(=O)(=O)N(CC(=O)N/N=C\c2cccc(C(F)(F)F)c2)c2ccc(C)cc2)cc1Br. The summed E-state index contributed by atoms with van der Waals surface area (Å²) in [7, 11) is -2.76. The van der Waals surface area contributed by atoms with Crippen LogP contribution < -0.4 is 14.5 Å². The zero-order chi connectivity index (χ0) is 26.5. The van der Waals surface area contributed by atoms with E-state index in [1.54, 1.807) is 24.3 Å². The lowest BCUT2D eigenvalue weighted by molar-refractivity contribution is -0.137. The number of hydrogen-bond acceptors (Lipinski definition) is 5. The number of halogens is 4. The Hall–Kier alpha value is -3.38. The molecule has 1 N–H and O–H groups in total. The van der Waals surface area contributed by atoms with E-state index in [0.29, 0.717) is 10.2 Å². The molecular formula is C24H21BrF3N3O4S. The van der Waals surface area contributed by atoms with Crippen LogP contribution in [0.15, 0.2) is 81.2 Å². The van der Waals surface area contributed by atoms with Crippen LogP contribution in [0.1, 0.15) is 16.7 Å². The third-order valence-corrected chi connectivity index (χ3v) is 7.33. The normalized spacial score (nSPS) is 11.9. The van der Waals surface area contributed by atoms with E-state index in [-0.39, 0.29) is 16.1 Å². The number of sulfonamides is 1. The number of ether oxygens (including phenoxy) is 1. The number of carbonyl (C=O) groups is 1. The first-order valence-electron chi connectivity index (χ1n) is 10.3. The fourth-order valence-electron chi connectivity index (χ4n) is 3.10. The summed E-state index contributed by atoms with van der Waals surface area (Å²) in [4.78, 5) is 12.5. The summed E-state index contributed by atoms with van der Waals surface area (Å²) in [5, 5.41) is 3.68. The van der Waals surface area contributed by atoms with Crippen molar-refractivity contribution in [1.29, 1.82) is 0 Å². The van der Waals surface area contributed by atoms with Crippen molar-refractivity contribution in [3.63, 3.8) is 0 Å². The largest absolute Gasteiger partial charge is 0.496 e. The van der Waals surface area contributed by atoms with Crippen LogP contribution in [-0.4, -0.2) is 34.2 Å². The Labute approximate surface area is 214 Å². The van der Waals surface area contributed by atoms with Crippen LogP contribution in [0.5, 0.6) is 5.75 Å². The molecule has 0 aliphatic rings. The maximum Gasteiger partial charge on any atom is 0.416 e. The van der Waals surface area contributed by atoms with Crippen LogP contribution in [0, 0.1) is 6.92 Å². The van der Waals surface area contributed by atoms with Gasteiger partial charge in [-0.3, -0.25) is 9.10 Å². The van der Waals surface area contributed by atoms with Gasteiger partial charge in [0.15, 0.2) is 0 Å². The van der Waals surface area contributed by atoms with E-state index >= 15 is 0 Å². The molecule has 0 bridgehead atoms. The van der Waals surface area contributed by atoms with Crippen molar-refractivity contribution in [2.75, 3.05) is 18.0 Å². The fraction of sp³-hybridized carbons (Fsp3) is 0.167. The molecule has 0 aromatic heterocycles. The highest BCUT2D eigenvalue weighted by Gasteiger charge is 2.30. The zero-order valence-corrected chi connectivity index (χ0v) is 21.5. The third-order valence-electron chi connectivity index (χ3n) is 4.94. The van der Waals surface area contributed by atoms with Crippen molar-refractivity contribution in [2.45, 2.75) is 18.0 Å². The second kappa shape index (κ2) is 11.1. The Kier molecular flexibility index (Phi) is 8.41. The van der Waals surface area contributed by atoms with Crippen LogP contribution in [0.4, 0.5) is 18.9 Å².